The summed E-state index contributed by atoms with van der Waals surface area (Å²) in [5.41, 5.74) is 2.04. The van der Waals surface area contributed by atoms with E-state index in [0.29, 0.717) is 29.4 Å². The molecular weight excluding hydrogens is 465 g/mol. The van der Waals surface area contributed by atoms with Gasteiger partial charge in [0.05, 0.1) is 30.0 Å². The molecule has 0 aliphatic heterocycles. The van der Waals surface area contributed by atoms with Crippen molar-refractivity contribution in [1.29, 1.82) is 0 Å². The first-order valence-electron chi connectivity index (χ1n) is 12.6. The Kier molecular flexibility index (Phi) is 9.78. The quantitative estimate of drug-likeness (QED) is 0.368. The molecule has 196 valence electrons. The Hall–Kier alpha value is -3.04. The van der Waals surface area contributed by atoms with Crippen LogP contribution in [0.1, 0.15) is 86.5 Å². The third kappa shape index (κ3) is 7.48. The molecule has 3 rings (SSSR count). The maximum absolute atomic E-state index is 13.6. The number of hydrogen-bond acceptors (Lipinski definition) is 5. The van der Waals surface area contributed by atoms with Crippen molar-refractivity contribution >= 4 is 18.0 Å². The minimum atomic E-state index is -1.20. The molecule has 1 aliphatic rings. The van der Waals surface area contributed by atoms with Crippen molar-refractivity contribution in [1.82, 2.24) is 15.1 Å². The van der Waals surface area contributed by atoms with Crippen LogP contribution < -0.4 is 5.32 Å². The second-order valence-corrected chi connectivity index (χ2v) is 9.82. The van der Waals surface area contributed by atoms with E-state index in [4.69, 9.17) is 5.11 Å². The molecule has 0 spiro atoms. The summed E-state index contributed by atoms with van der Waals surface area (Å²) in [4.78, 5) is 24.0. The van der Waals surface area contributed by atoms with Gasteiger partial charge in [0.25, 0.3) is 5.91 Å². The number of nitrogens with one attached hydrogen (secondary N) is 1. The lowest BCUT2D eigenvalue weighted by Gasteiger charge is -2.21. The fourth-order valence-corrected chi connectivity index (χ4v) is 4.68. The summed E-state index contributed by atoms with van der Waals surface area (Å²) in [6, 6.07) is 5.72. The van der Waals surface area contributed by atoms with Gasteiger partial charge in [0, 0.05) is 18.5 Å². The topological polar surface area (TPSA) is 125 Å². The highest BCUT2D eigenvalue weighted by Crippen LogP contribution is 2.29. The number of amides is 1. The fourth-order valence-electron chi connectivity index (χ4n) is 4.68. The van der Waals surface area contributed by atoms with Gasteiger partial charge in [0.2, 0.25) is 0 Å². The number of carboxylic acids is 1. The maximum Gasteiger partial charge on any atom is 0.305 e. The van der Waals surface area contributed by atoms with Crippen LogP contribution in [0.5, 0.6) is 0 Å². The van der Waals surface area contributed by atoms with Crippen LogP contribution in [0.3, 0.4) is 0 Å². The first kappa shape index (κ1) is 27.5. The largest absolute Gasteiger partial charge is 0.481 e. The van der Waals surface area contributed by atoms with Crippen LogP contribution in [0.15, 0.2) is 30.3 Å². The molecular formula is C27H36FN3O5. The Bertz CT molecular complexity index is 1060. The summed E-state index contributed by atoms with van der Waals surface area (Å²) in [5.74, 6) is -1.48. The standard InChI is InChI=1S/C27H36FN3O5/c1-17(2)25-23(13-12-21(32)14-22(33)15-24(34)35)31(20-10-8-19(28)9-11-20)30-26(25)27(36)29-16-18-6-4-3-5-7-18/h8-13,17-18,21-22,32-33H,3-7,14-16H2,1-2H3,(H,29,36)(H,34,35). The lowest BCUT2D eigenvalue weighted by atomic mass is 9.89. The number of carboxylic acid groups (broad SMARTS) is 1. The van der Waals surface area contributed by atoms with Gasteiger partial charge in [-0.05, 0) is 55.0 Å². The van der Waals surface area contributed by atoms with E-state index in [-0.39, 0.29) is 23.9 Å². The van der Waals surface area contributed by atoms with Gasteiger partial charge in [-0.15, -0.1) is 0 Å². The van der Waals surface area contributed by atoms with Crippen molar-refractivity contribution in [3.63, 3.8) is 0 Å². The third-order valence-corrected chi connectivity index (χ3v) is 6.50. The van der Waals surface area contributed by atoms with Crippen LogP contribution >= 0.6 is 0 Å². The molecule has 1 heterocycles. The number of aliphatic carboxylic acids is 1. The van der Waals surface area contributed by atoms with Crippen LogP contribution in [-0.4, -0.2) is 55.7 Å². The Balaban J connectivity index is 1.93. The summed E-state index contributed by atoms with van der Waals surface area (Å²) in [6.07, 6.45) is 5.90. The van der Waals surface area contributed by atoms with Crippen LogP contribution in [0.25, 0.3) is 11.8 Å². The van der Waals surface area contributed by atoms with Crippen molar-refractivity contribution < 1.29 is 29.3 Å². The normalized spacial score (nSPS) is 16.4. The average Bonchev–Trinajstić information content (AvgIpc) is 3.21. The van der Waals surface area contributed by atoms with Crippen molar-refractivity contribution in [2.75, 3.05) is 6.54 Å². The van der Waals surface area contributed by atoms with Gasteiger partial charge in [-0.1, -0.05) is 39.2 Å². The molecule has 9 heteroatoms. The summed E-state index contributed by atoms with van der Waals surface area (Å²) >= 11 is 0. The van der Waals surface area contributed by atoms with Crippen LogP contribution in [0, 0.1) is 11.7 Å². The van der Waals surface area contributed by atoms with E-state index in [9.17, 15) is 24.2 Å². The van der Waals surface area contributed by atoms with E-state index in [1.807, 2.05) is 13.8 Å². The fraction of sp³-hybridized carbons (Fsp3) is 0.519. The number of aromatic nitrogens is 2. The highest BCUT2D eigenvalue weighted by Gasteiger charge is 2.26. The van der Waals surface area contributed by atoms with Crippen molar-refractivity contribution in [2.45, 2.75) is 76.9 Å². The van der Waals surface area contributed by atoms with Crippen LogP contribution in [0.4, 0.5) is 4.39 Å². The molecule has 0 radical (unpaired) electrons. The monoisotopic (exact) mass is 501 g/mol. The van der Waals surface area contributed by atoms with Gasteiger partial charge in [-0.25, -0.2) is 9.07 Å². The Morgan fingerprint density at radius 2 is 1.83 bits per heavy atom. The number of nitrogens with zero attached hydrogens (tertiary/aromatic N) is 2. The number of carbonyl (C=O) groups excluding carboxylic acids is 1. The third-order valence-electron chi connectivity index (χ3n) is 6.50. The minimum absolute atomic E-state index is 0.0935. The molecule has 2 unspecified atom stereocenters. The van der Waals surface area contributed by atoms with Crippen molar-refractivity contribution in [3.05, 3.63) is 53.1 Å². The average molecular weight is 502 g/mol. The van der Waals surface area contributed by atoms with Gasteiger partial charge < -0.3 is 20.6 Å². The van der Waals surface area contributed by atoms with E-state index >= 15 is 0 Å². The highest BCUT2D eigenvalue weighted by atomic mass is 19.1. The van der Waals surface area contributed by atoms with Crippen molar-refractivity contribution in [3.8, 4) is 5.69 Å². The smallest absolute Gasteiger partial charge is 0.305 e. The number of carbonyl (C=O) groups is 2. The number of hydrogen-bond donors (Lipinski definition) is 4. The van der Waals surface area contributed by atoms with Crippen LogP contribution in [-0.2, 0) is 4.79 Å². The van der Waals surface area contributed by atoms with Gasteiger partial charge in [0.15, 0.2) is 5.69 Å². The first-order valence-corrected chi connectivity index (χ1v) is 12.6. The molecule has 36 heavy (non-hydrogen) atoms. The minimum Gasteiger partial charge on any atom is -0.481 e. The predicted molar refractivity (Wildman–Crippen MR) is 134 cm³/mol. The number of benzene rings is 1. The van der Waals surface area contributed by atoms with Crippen LogP contribution in [0.2, 0.25) is 0 Å². The molecule has 8 nitrogen and oxygen atoms in total. The second kappa shape index (κ2) is 12.8. The van der Waals surface area contributed by atoms with E-state index < -0.39 is 30.4 Å². The number of rotatable bonds is 11. The molecule has 1 saturated carbocycles. The first-order chi connectivity index (χ1) is 17.2. The zero-order valence-corrected chi connectivity index (χ0v) is 20.9. The SMILES string of the molecule is CC(C)c1c(C(=O)NCC2CCCCC2)nn(-c2ccc(F)cc2)c1C=CC(O)CC(O)CC(=O)O. The zero-order chi connectivity index (χ0) is 26.2. The molecule has 1 aliphatic carbocycles. The second-order valence-electron chi connectivity index (χ2n) is 9.82. The Labute approximate surface area is 210 Å². The molecule has 1 aromatic carbocycles. The lowest BCUT2D eigenvalue weighted by molar-refractivity contribution is -0.139. The molecule has 2 aromatic rings. The molecule has 1 amide bonds. The highest BCUT2D eigenvalue weighted by molar-refractivity contribution is 5.95. The van der Waals surface area contributed by atoms with E-state index in [1.54, 1.807) is 22.9 Å². The maximum atomic E-state index is 13.6. The van der Waals surface area contributed by atoms with Gasteiger partial charge in [-0.2, -0.15) is 5.10 Å². The summed E-state index contributed by atoms with van der Waals surface area (Å²) < 4.78 is 15.1. The number of aliphatic hydroxyl groups excluding tert-OH is 2. The van der Waals surface area contributed by atoms with Gasteiger partial charge in [-0.3, -0.25) is 9.59 Å². The number of aliphatic hydroxyl groups is 2. The van der Waals surface area contributed by atoms with E-state index in [2.05, 4.69) is 10.4 Å². The zero-order valence-electron chi connectivity index (χ0n) is 20.9. The van der Waals surface area contributed by atoms with E-state index in [0.717, 1.165) is 12.8 Å². The Morgan fingerprint density at radius 1 is 1.17 bits per heavy atom. The molecule has 1 fully saturated rings. The molecule has 4 N–H and O–H groups in total. The molecule has 1 aromatic heterocycles. The van der Waals surface area contributed by atoms with Gasteiger partial charge >= 0.3 is 5.97 Å². The molecule has 0 bridgehead atoms. The predicted octanol–water partition coefficient (Wildman–Crippen LogP) is 4.04. The van der Waals surface area contributed by atoms with Gasteiger partial charge in [0.1, 0.15) is 5.82 Å². The Morgan fingerprint density at radius 3 is 2.44 bits per heavy atom. The molecule has 2 atom stereocenters. The molecule has 0 saturated heterocycles. The lowest BCUT2D eigenvalue weighted by Crippen LogP contribution is -2.31. The summed E-state index contributed by atoms with van der Waals surface area (Å²) in [7, 11) is 0. The van der Waals surface area contributed by atoms with E-state index in [1.165, 1.54) is 37.5 Å². The number of halogens is 1. The van der Waals surface area contributed by atoms with Crippen molar-refractivity contribution in [2.24, 2.45) is 5.92 Å². The summed E-state index contributed by atoms with van der Waals surface area (Å²) in [6.45, 7) is 4.47. The summed E-state index contributed by atoms with van der Waals surface area (Å²) in [5, 5.41) is 36.7.